The van der Waals surface area contributed by atoms with Crippen molar-refractivity contribution in [2.45, 2.75) is 0 Å². The van der Waals surface area contributed by atoms with Crippen molar-refractivity contribution in [3.05, 3.63) is 132 Å². The molecule has 0 aliphatic carbocycles. The Balaban J connectivity index is 1.29. The van der Waals surface area contributed by atoms with Gasteiger partial charge in [0.2, 0.25) is 0 Å². The number of phenols is 1. The van der Waals surface area contributed by atoms with Crippen molar-refractivity contribution < 1.29 is 5.11 Å². The fourth-order valence-electron chi connectivity index (χ4n) is 5.26. The number of hydrogen-bond acceptors (Lipinski definition) is 4. The second kappa shape index (κ2) is 9.15. The molecule has 0 atom stereocenters. The van der Waals surface area contributed by atoms with E-state index in [2.05, 4.69) is 52.8 Å². The molecule has 7 rings (SSSR count). The number of phenolic OH excluding ortho intramolecular Hbond substituents is 1. The molecule has 5 nitrogen and oxygen atoms in total. The van der Waals surface area contributed by atoms with Gasteiger partial charge in [0.15, 0.2) is 0 Å². The van der Waals surface area contributed by atoms with E-state index >= 15 is 0 Å². The third-order valence-corrected chi connectivity index (χ3v) is 7.16. The van der Waals surface area contributed by atoms with Gasteiger partial charge in [0.1, 0.15) is 11.6 Å². The van der Waals surface area contributed by atoms with Gasteiger partial charge >= 0.3 is 0 Å². The lowest BCUT2D eigenvalue weighted by Gasteiger charge is -2.14. The summed E-state index contributed by atoms with van der Waals surface area (Å²) < 4.78 is 0. The van der Waals surface area contributed by atoms with Crippen molar-refractivity contribution >= 4 is 49.8 Å². The summed E-state index contributed by atoms with van der Waals surface area (Å²) in [6.45, 7) is 0. The predicted octanol–water partition coefficient (Wildman–Crippen LogP) is 8.40. The molecule has 39 heavy (non-hydrogen) atoms. The molecule has 0 amide bonds. The first-order chi connectivity index (χ1) is 19.2. The number of benzene rings is 5. The minimum Gasteiger partial charge on any atom is -0.507 e. The number of hydrogen-bond donors (Lipinski definition) is 4. The van der Waals surface area contributed by atoms with E-state index in [1.165, 1.54) is 10.8 Å². The Morgan fingerprint density at radius 1 is 0.692 bits per heavy atom. The predicted molar refractivity (Wildman–Crippen MR) is 160 cm³/mol. The standard InChI is InChI=1S/C34H24N4O/c35-33(26-14-7-13-23-27-19-21-9-1-2-10-22(21)20-30(27)38-34(23)26)25-12-3-5-15-29(25)37-32-18-8-16-28(36-32)24-11-4-6-17-31(24)39/h1-20,35,38-39H,(H,36,37). The van der Waals surface area contributed by atoms with E-state index in [1.54, 1.807) is 12.1 Å². The molecule has 4 N–H and O–H groups in total. The number of rotatable bonds is 5. The lowest BCUT2D eigenvalue weighted by atomic mass is 9.98. The molecule has 7 aromatic rings. The van der Waals surface area contributed by atoms with E-state index in [0.29, 0.717) is 22.8 Å². The maximum Gasteiger partial charge on any atom is 0.131 e. The Bertz CT molecular complexity index is 2040. The van der Waals surface area contributed by atoms with Crippen LogP contribution >= 0.6 is 0 Å². The number of aromatic hydroxyl groups is 1. The Morgan fingerprint density at radius 2 is 1.41 bits per heavy atom. The third-order valence-electron chi connectivity index (χ3n) is 7.16. The Kier molecular flexibility index (Phi) is 5.34. The number of H-pyrrole nitrogens is 1. The molecule has 0 aliphatic heterocycles. The van der Waals surface area contributed by atoms with E-state index in [9.17, 15) is 10.5 Å². The Morgan fingerprint density at radius 3 is 2.28 bits per heavy atom. The number of nitrogens with zero attached hydrogens (tertiary/aromatic N) is 1. The molecule has 5 aromatic carbocycles. The third kappa shape index (κ3) is 3.97. The fourth-order valence-corrected chi connectivity index (χ4v) is 5.26. The van der Waals surface area contributed by atoms with Gasteiger partial charge in [-0.15, -0.1) is 0 Å². The normalized spacial score (nSPS) is 11.3. The second-order valence-electron chi connectivity index (χ2n) is 9.57. The molecule has 0 saturated heterocycles. The van der Waals surface area contributed by atoms with Crippen LogP contribution in [0.15, 0.2) is 121 Å². The second-order valence-corrected chi connectivity index (χ2v) is 9.57. The van der Waals surface area contributed by atoms with Gasteiger partial charge in [-0.1, -0.05) is 78.9 Å². The molecular weight excluding hydrogens is 480 g/mol. The lowest BCUT2D eigenvalue weighted by Crippen LogP contribution is -2.07. The van der Waals surface area contributed by atoms with Crippen LogP contribution in [0.4, 0.5) is 11.5 Å². The maximum atomic E-state index is 10.3. The molecule has 5 heteroatoms. The Hall–Kier alpha value is -5.42. The van der Waals surface area contributed by atoms with Gasteiger partial charge in [0.25, 0.3) is 0 Å². The summed E-state index contributed by atoms with van der Waals surface area (Å²) >= 11 is 0. The molecule has 0 unspecified atom stereocenters. The molecule has 0 bridgehead atoms. The molecule has 0 spiro atoms. The number of aromatic amines is 1. The van der Waals surface area contributed by atoms with Crippen molar-refractivity contribution in [2.75, 3.05) is 5.32 Å². The van der Waals surface area contributed by atoms with Crippen LogP contribution in [0, 0.1) is 5.41 Å². The lowest BCUT2D eigenvalue weighted by molar-refractivity contribution is 0.477. The van der Waals surface area contributed by atoms with Crippen LogP contribution in [0.25, 0.3) is 43.8 Å². The molecule has 0 radical (unpaired) electrons. The first-order valence-electron chi connectivity index (χ1n) is 12.8. The number of nitrogens with one attached hydrogen (secondary N) is 3. The summed E-state index contributed by atoms with van der Waals surface area (Å²) in [6, 6.07) is 39.5. The van der Waals surface area contributed by atoms with Crippen LogP contribution < -0.4 is 5.32 Å². The molecule has 2 aromatic heterocycles. The summed E-state index contributed by atoms with van der Waals surface area (Å²) in [5.74, 6) is 0.815. The first-order valence-corrected chi connectivity index (χ1v) is 12.8. The maximum absolute atomic E-state index is 10.3. The van der Waals surface area contributed by atoms with Crippen LogP contribution in [-0.4, -0.2) is 20.8 Å². The summed E-state index contributed by atoms with van der Waals surface area (Å²) in [4.78, 5) is 8.32. The zero-order valence-electron chi connectivity index (χ0n) is 20.9. The van der Waals surface area contributed by atoms with Gasteiger partial charge in [0.05, 0.1) is 16.9 Å². The van der Waals surface area contributed by atoms with Gasteiger partial charge in [-0.25, -0.2) is 4.98 Å². The van der Waals surface area contributed by atoms with Crippen molar-refractivity contribution in [2.24, 2.45) is 0 Å². The van der Waals surface area contributed by atoms with E-state index in [1.807, 2.05) is 66.7 Å². The van der Waals surface area contributed by atoms with Gasteiger partial charge in [-0.2, -0.15) is 0 Å². The van der Waals surface area contributed by atoms with Crippen LogP contribution in [0.2, 0.25) is 0 Å². The quantitative estimate of drug-likeness (QED) is 0.178. The zero-order valence-corrected chi connectivity index (χ0v) is 20.9. The van der Waals surface area contributed by atoms with Gasteiger partial charge in [-0.05, 0) is 53.2 Å². The molecule has 186 valence electrons. The number of pyridine rings is 1. The number of anilines is 2. The highest BCUT2D eigenvalue weighted by atomic mass is 16.3. The summed E-state index contributed by atoms with van der Waals surface area (Å²) in [5.41, 5.74) is 6.13. The summed E-state index contributed by atoms with van der Waals surface area (Å²) in [7, 11) is 0. The zero-order chi connectivity index (χ0) is 26.3. The minimum absolute atomic E-state index is 0.184. The van der Waals surface area contributed by atoms with Crippen molar-refractivity contribution in [1.82, 2.24) is 9.97 Å². The van der Waals surface area contributed by atoms with Crippen molar-refractivity contribution in [3.8, 4) is 17.0 Å². The summed E-state index contributed by atoms with van der Waals surface area (Å²) in [6.07, 6.45) is 0. The van der Waals surface area contributed by atoms with E-state index in [-0.39, 0.29) is 5.75 Å². The number of aromatic nitrogens is 2. The number of para-hydroxylation sites is 3. The highest BCUT2D eigenvalue weighted by Gasteiger charge is 2.16. The van der Waals surface area contributed by atoms with Crippen molar-refractivity contribution in [3.63, 3.8) is 0 Å². The summed E-state index contributed by atoms with van der Waals surface area (Å²) in [5, 5.41) is 27.6. The first kappa shape index (κ1) is 22.8. The Labute approximate surface area is 224 Å². The molecule has 0 fully saturated rings. The highest BCUT2D eigenvalue weighted by Crippen LogP contribution is 2.33. The monoisotopic (exact) mass is 504 g/mol. The van der Waals surface area contributed by atoms with Crippen LogP contribution in [-0.2, 0) is 0 Å². The smallest absolute Gasteiger partial charge is 0.131 e. The van der Waals surface area contributed by atoms with Gasteiger partial charge < -0.3 is 15.4 Å². The van der Waals surface area contributed by atoms with Crippen molar-refractivity contribution in [1.29, 1.82) is 5.41 Å². The SMILES string of the molecule is N=C(c1ccccc1Nc1cccc(-c2ccccc2O)n1)c1cccc2c1[nH]c1cc3ccccc3cc12. The molecule has 2 heterocycles. The van der Waals surface area contributed by atoms with Crippen LogP contribution in [0.1, 0.15) is 11.1 Å². The molecule has 0 saturated carbocycles. The van der Waals surface area contributed by atoms with Gasteiger partial charge in [0, 0.05) is 38.7 Å². The minimum atomic E-state index is 0.184. The van der Waals surface area contributed by atoms with Gasteiger partial charge in [-0.3, -0.25) is 5.41 Å². The molecule has 0 aliphatic rings. The fraction of sp³-hybridized carbons (Fsp3) is 0. The van der Waals surface area contributed by atoms with E-state index in [0.717, 1.165) is 38.6 Å². The number of fused-ring (bicyclic) bond motifs is 4. The largest absolute Gasteiger partial charge is 0.507 e. The van der Waals surface area contributed by atoms with Crippen LogP contribution in [0.3, 0.4) is 0 Å². The van der Waals surface area contributed by atoms with E-state index < -0.39 is 0 Å². The average Bonchev–Trinajstić information content (AvgIpc) is 3.34. The molecular formula is C34H24N4O. The van der Waals surface area contributed by atoms with E-state index in [4.69, 9.17) is 4.98 Å². The highest BCUT2D eigenvalue weighted by molar-refractivity contribution is 6.23. The van der Waals surface area contributed by atoms with Crippen LogP contribution in [0.5, 0.6) is 5.75 Å². The topological polar surface area (TPSA) is 84.8 Å². The average molecular weight is 505 g/mol.